The molecule has 0 aliphatic carbocycles. The minimum Gasteiger partial charge on any atom is -0.464 e. The molecule has 0 N–H and O–H groups in total. The van der Waals surface area contributed by atoms with Crippen molar-refractivity contribution >= 4 is 5.97 Å². The number of nitrogens with zero attached hydrogens (tertiary/aromatic N) is 2. The number of carbonyl (C=O) groups excluding carboxylic acids is 1. The molecule has 0 aliphatic heterocycles. The van der Waals surface area contributed by atoms with E-state index in [2.05, 4.69) is 14.7 Å². The summed E-state index contributed by atoms with van der Waals surface area (Å²) in [6.45, 7) is 0. The number of pyridine rings is 2. The van der Waals surface area contributed by atoms with Crippen LogP contribution in [0.5, 0.6) is 0 Å². The van der Waals surface area contributed by atoms with E-state index in [1.807, 2.05) is 0 Å². The van der Waals surface area contributed by atoms with Crippen LogP contribution in [0.15, 0.2) is 36.5 Å². The summed E-state index contributed by atoms with van der Waals surface area (Å²) in [4.78, 5) is 18.8. The van der Waals surface area contributed by atoms with E-state index < -0.39 is 11.9 Å². The Bertz CT molecular complexity index is 558. The lowest BCUT2D eigenvalue weighted by atomic mass is 10.1. The van der Waals surface area contributed by atoms with Gasteiger partial charge in [-0.05, 0) is 18.2 Å². The van der Waals surface area contributed by atoms with E-state index in [0.717, 1.165) is 0 Å². The zero-order valence-corrected chi connectivity index (χ0v) is 9.05. The second-order valence-electron chi connectivity index (χ2n) is 3.27. The van der Waals surface area contributed by atoms with Gasteiger partial charge in [0.1, 0.15) is 5.69 Å². The molecule has 0 amide bonds. The molecule has 0 aromatic carbocycles. The molecular formula is C12H9FN2O2. The SMILES string of the molecule is COC(=O)c1cccc(-c2ccnc(F)c2)n1. The maximum Gasteiger partial charge on any atom is 0.356 e. The summed E-state index contributed by atoms with van der Waals surface area (Å²) in [5, 5.41) is 0. The molecule has 2 aromatic rings. The van der Waals surface area contributed by atoms with Crippen molar-refractivity contribution in [1.29, 1.82) is 0 Å². The topological polar surface area (TPSA) is 52.1 Å². The Kier molecular flexibility index (Phi) is 3.09. The van der Waals surface area contributed by atoms with Gasteiger partial charge in [-0.3, -0.25) is 0 Å². The first-order valence-electron chi connectivity index (χ1n) is 4.88. The lowest BCUT2D eigenvalue weighted by Gasteiger charge is -2.03. The molecule has 5 heteroatoms. The Morgan fingerprint density at radius 1 is 1.35 bits per heavy atom. The highest BCUT2D eigenvalue weighted by molar-refractivity contribution is 5.87. The van der Waals surface area contributed by atoms with Crippen molar-refractivity contribution in [3.8, 4) is 11.3 Å². The fraction of sp³-hybridized carbons (Fsp3) is 0.0833. The number of aromatic nitrogens is 2. The molecule has 0 spiro atoms. The molecule has 0 unspecified atom stereocenters. The number of methoxy groups -OCH3 is 1. The molecule has 0 atom stereocenters. The molecule has 17 heavy (non-hydrogen) atoms. The van der Waals surface area contributed by atoms with E-state index in [0.29, 0.717) is 11.3 Å². The number of esters is 1. The molecule has 0 bridgehead atoms. The summed E-state index contributed by atoms with van der Waals surface area (Å²) >= 11 is 0. The summed E-state index contributed by atoms with van der Waals surface area (Å²) in [7, 11) is 1.28. The van der Waals surface area contributed by atoms with E-state index in [9.17, 15) is 9.18 Å². The lowest BCUT2D eigenvalue weighted by Crippen LogP contribution is -2.04. The average Bonchev–Trinajstić information content (AvgIpc) is 2.38. The van der Waals surface area contributed by atoms with Crippen LogP contribution in [0.3, 0.4) is 0 Å². The zero-order chi connectivity index (χ0) is 12.3. The van der Waals surface area contributed by atoms with Crippen LogP contribution >= 0.6 is 0 Å². The Balaban J connectivity index is 2.43. The van der Waals surface area contributed by atoms with Gasteiger partial charge in [-0.1, -0.05) is 6.07 Å². The Morgan fingerprint density at radius 2 is 2.18 bits per heavy atom. The van der Waals surface area contributed by atoms with Gasteiger partial charge >= 0.3 is 5.97 Å². The van der Waals surface area contributed by atoms with Crippen LogP contribution < -0.4 is 0 Å². The first-order chi connectivity index (χ1) is 8.20. The molecule has 0 saturated heterocycles. The third kappa shape index (κ3) is 2.44. The van der Waals surface area contributed by atoms with Crippen LogP contribution in [0.4, 0.5) is 4.39 Å². The Hall–Kier alpha value is -2.30. The molecule has 0 radical (unpaired) electrons. The summed E-state index contributed by atoms with van der Waals surface area (Å²) in [5.41, 5.74) is 1.24. The van der Waals surface area contributed by atoms with Crippen LogP contribution in [0.1, 0.15) is 10.5 Å². The van der Waals surface area contributed by atoms with Crippen LogP contribution in [-0.4, -0.2) is 23.0 Å². The standard InChI is InChI=1S/C12H9FN2O2/c1-17-12(16)10-4-2-3-9(15-10)8-5-6-14-11(13)7-8/h2-7H,1H3. The molecule has 4 nitrogen and oxygen atoms in total. The van der Waals surface area contributed by atoms with Crippen molar-refractivity contribution in [2.24, 2.45) is 0 Å². The molecule has 2 rings (SSSR count). The monoisotopic (exact) mass is 232 g/mol. The number of ether oxygens (including phenoxy) is 1. The minimum atomic E-state index is -0.590. The largest absolute Gasteiger partial charge is 0.464 e. The molecule has 0 saturated carbocycles. The van der Waals surface area contributed by atoms with Crippen LogP contribution in [0.25, 0.3) is 11.3 Å². The van der Waals surface area contributed by atoms with Gasteiger partial charge in [-0.15, -0.1) is 0 Å². The van der Waals surface area contributed by atoms with Crippen molar-refractivity contribution < 1.29 is 13.9 Å². The van der Waals surface area contributed by atoms with E-state index in [1.165, 1.54) is 25.4 Å². The number of carbonyl (C=O) groups is 1. The van der Waals surface area contributed by atoms with Gasteiger partial charge in [-0.25, -0.2) is 14.8 Å². The van der Waals surface area contributed by atoms with Gasteiger partial charge in [0.2, 0.25) is 5.95 Å². The second-order valence-corrected chi connectivity index (χ2v) is 3.27. The highest BCUT2D eigenvalue weighted by Gasteiger charge is 2.08. The number of rotatable bonds is 2. The Labute approximate surface area is 97.1 Å². The van der Waals surface area contributed by atoms with E-state index in [1.54, 1.807) is 18.2 Å². The van der Waals surface area contributed by atoms with Crippen LogP contribution in [0.2, 0.25) is 0 Å². The Morgan fingerprint density at radius 3 is 2.88 bits per heavy atom. The molecule has 86 valence electrons. The summed E-state index contributed by atoms with van der Waals surface area (Å²) in [6.07, 6.45) is 1.34. The minimum absolute atomic E-state index is 0.183. The maximum atomic E-state index is 12.9. The number of hydrogen-bond donors (Lipinski definition) is 0. The average molecular weight is 232 g/mol. The fourth-order valence-corrected chi connectivity index (χ4v) is 1.38. The molecule has 2 heterocycles. The number of hydrogen-bond acceptors (Lipinski definition) is 4. The van der Waals surface area contributed by atoms with Crippen LogP contribution in [-0.2, 0) is 4.74 Å². The van der Waals surface area contributed by atoms with Crippen molar-refractivity contribution in [3.63, 3.8) is 0 Å². The van der Waals surface area contributed by atoms with E-state index in [-0.39, 0.29) is 5.69 Å². The van der Waals surface area contributed by atoms with Crippen molar-refractivity contribution in [3.05, 3.63) is 48.2 Å². The first-order valence-corrected chi connectivity index (χ1v) is 4.88. The third-order valence-corrected chi connectivity index (χ3v) is 2.17. The molecule has 2 aromatic heterocycles. The normalized spacial score (nSPS) is 10.0. The van der Waals surface area contributed by atoms with E-state index in [4.69, 9.17) is 0 Å². The summed E-state index contributed by atoms with van der Waals surface area (Å²) in [6, 6.07) is 7.75. The van der Waals surface area contributed by atoms with Gasteiger partial charge < -0.3 is 4.74 Å². The van der Waals surface area contributed by atoms with Crippen LogP contribution in [0, 0.1) is 5.95 Å². The van der Waals surface area contributed by atoms with Crippen molar-refractivity contribution in [2.45, 2.75) is 0 Å². The third-order valence-electron chi connectivity index (χ3n) is 2.17. The summed E-state index contributed by atoms with van der Waals surface area (Å²) < 4.78 is 17.5. The fourth-order valence-electron chi connectivity index (χ4n) is 1.38. The quantitative estimate of drug-likeness (QED) is 0.587. The first kappa shape index (κ1) is 11.2. The predicted molar refractivity (Wildman–Crippen MR) is 58.8 cm³/mol. The van der Waals surface area contributed by atoms with Gasteiger partial charge in [-0.2, -0.15) is 4.39 Å². The highest BCUT2D eigenvalue weighted by atomic mass is 19.1. The predicted octanol–water partition coefficient (Wildman–Crippen LogP) is 2.07. The maximum absolute atomic E-state index is 12.9. The lowest BCUT2D eigenvalue weighted by molar-refractivity contribution is 0.0594. The number of halogens is 1. The van der Waals surface area contributed by atoms with Crippen molar-refractivity contribution in [2.75, 3.05) is 7.11 Å². The molecular weight excluding hydrogens is 223 g/mol. The van der Waals surface area contributed by atoms with Gasteiger partial charge in [0.05, 0.1) is 12.8 Å². The highest BCUT2D eigenvalue weighted by Crippen LogP contribution is 2.17. The summed E-state index contributed by atoms with van der Waals surface area (Å²) in [5.74, 6) is -1.12. The van der Waals surface area contributed by atoms with Gasteiger partial charge in [0.25, 0.3) is 0 Å². The smallest absolute Gasteiger partial charge is 0.356 e. The molecule has 0 aliphatic rings. The van der Waals surface area contributed by atoms with Crippen molar-refractivity contribution in [1.82, 2.24) is 9.97 Å². The second kappa shape index (κ2) is 4.69. The van der Waals surface area contributed by atoms with E-state index >= 15 is 0 Å². The van der Waals surface area contributed by atoms with Gasteiger partial charge in [0, 0.05) is 17.8 Å². The zero-order valence-electron chi connectivity index (χ0n) is 9.05. The molecule has 0 fully saturated rings. The van der Waals surface area contributed by atoms with Gasteiger partial charge in [0.15, 0.2) is 0 Å².